The fraction of sp³-hybridized carbons (Fsp3) is 0.647. The molecule has 2 unspecified atom stereocenters. The van der Waals surface area contributed by atoms with Gasteiger partial charge in [-0.25, -0.2) is 0 Å². The highest BCUT2D eigenvalue weighted by molar-refractivity contribution is 7.98. The van der Waals surface area contributed by atoms with Crippen molar-refractivity contribution in [1.29, 1.82) is 0 Å². The minimum absolute atomic E-state index is 0.149. The number of hydrogen-bond acceptors (Lipinski definition) is 3. The molecule has 0 amide bonds. The highest BCUT2D eigenvalue weighted by Gasteiger charge is 2.22. The SMILES string of the molecule is CSCC(C)N(C)C(CNC(C)(C)C)c1ccccc1. The Hall–Kier alpha value is -0.510. The lowest BCUT2D eigenvalue weighted by molar-refractivity contribution is 0.185. The Morgan fingerprint density at radius 1 is 1.20 bits per heavy atom. The number of likely N-dealkylation sites (N-methyl/N-ethyl adjacent to an activating group) is 1. The first kappa shape index (κ1) is 17.5. The van der Waals surface area contributed by atoms with E-state index in [1.54, 1.807) is 0 Å². The summed E-state index contributed by atoms with van der Waals surface area (Å²) < 4.78 is 0. The van der Waals surface area contributed by atoms with Crippen LogP contribution in [0, 0.1) is 0 Å². The zero-order valence-corrected chi connectivity index (χ0v) is 14.6. The summed E-state index contributed by atoms with van der Waals surface area (Å²) in [6.45, 7) is 9.95. The third-order valence-electron chi connectivity index (χ3n) is 3.60. The maximum atomic E-state index is 3.65. The molecule has 0 aromatic heterocycles. The molecule has 0 bridgehead atoms. The minimum Gasteiger partial charge on any atom is -0.310 e. The predicted octanol–water partition coefficient (Wildman–Crippen LogP) is 3.80. The van der Waals surface area contributed by atoms with Crippen LogP contribution in [-0.2, 0) is 0 Å². The van der Waals surface area contributed by atoms with E-state index in [4.69, 9.17) is 0 Å². The van der Waals surface area contributed by atoms with Crippen LogP contribution in [0.1, 0.15) is 39.3 Å². The predicted molar refractivity (Wildman–Crippen MR) is 92.5 cm³/mol. The Labute approximate surface area is 129 Å². The topological polar surface area (TPSA) is 15.3 Å². The van der Waals surface area contributed by atoms with Crippen molar-refractivity contribution < 1.29 is 0 Å². The summed E-state index contributed by atoms with van der Waals surface area (Å²) in [6, 6.07) is 11.8. The van der Waals surface area contributed by atoms with Crippen molar-refractivity contribution in [2.45, 2.75) is 45.3 Å². The van der Waals surface area contributed by atoms with Crippen LogP contribution in [0.15, 0.2) is 30.3 Å². The molecule has 0 aliphatic carbocycles. The molecule has 0 spiro atoms. The number of thioether (sulfide) groups is 1. The molecule has 0 saturated carbocycles. The molecule has 0 saturated heterocycles. The first-order valence-electron chi connectivity index (χ1n) is 7.36. The normalized spacial score (nSPS) is 15.3. The van der Waals surface area contributed by atoms with E-state index in [1.807, 2.05) is 11.8 Å². The first-order chi connectivity index (χ1) is 9.35. The highest BCUT2D eigenvalue weighted by Crippen LogP contribution is 2.22. The van der Waals surface area contributed by atoms with Crippen molar-refractivity contribution in [2.24, 2.45) is 0 Å². The fourth-order valence-electron chi connectivity index (χ4n) is 2.24. The lowest BCUT2D eigenvalue weighted by atomic mass is 10.0. The lowest BCUT2D eigenvalue weighted by Gasteiger charge is -2.35. The summed E-state index contributed by atoms with van der Waals surface area (Å²) in [4.78, 5) is 2.49. The number of nitrogens with one attached hydrogen (secondary N) is 1. The Balaban J connectivity index is 2.84. The molecule has 0 radical (unpaired) electrons. The zero-order chi connectivity index (χ0) is 15.2. The molecule has 0 heterocycles. The van der Waals surface area contributed by atoms with E-state index >= 15 is 0 Å². The minimum atomic E-state index is 0.149. The quantitative estimate of drug-likeness (QED) is 0.823. The van der Waals surface area contributed by atoms with Crippen LogP contribution in [0.3, 0.4) is 0 Å². The van der Waals surface area contributed by atoms with E-state index in [1.165, 1.54) is 5.56 Å². The first-order valence-corrected chi connectivity index (χ1v) is 8.75. The molecule has 1 aromatic carbocycles. The van der Waals surface area contributed by atoms with Crippen LogP contribution in [-0.4, -0.2) is 42.1 Å². The second-order valence-electron chi connectivity index (χ2n) is 6.53. The smallest absolute Gasteiger partial charge is 0.0472 e. The number of benzene rings is 1. The van der Waals surface area contributed by atoms with Crippen LogP contribution < -0.4 is 5.32 Å². The monoisotopic (exact) mass is 294 g/mol. The largest absolute Gasteiger partial charge is 0.310 e. The standard InChI is InChI=1S/C17H30N2S/c1-14(13-20-6)19(5)16(12-18-17(2,3)4)15-10-8-7-9-11-15/h7-11,14,16,18H,12-13H2,1-6H3. The van der Waals surface area contributed by atoms with Gasteiger partial charge in [-0.1, -0.05) is 30.3 Å². The van der Waals surface area contributed by atoms with Crippen LogP contribution in [0.5, 0.6) is 0 Å². The van der Waals surface area contributed by atoms with E-state index in [9.17, 15) is 0 Å². The van der Waals surface area contributed by atoms with Crippen LogP contribution >= 0.6 is 11.8 Å². The van der Waals surface area contributed by atoms with Crippen LogP contribution in [0.2, 0.25) is 0 Å². The van der Waals surface area contributed by atoms with Crippen molar-refractivity contribution in [2.75, 3.05) is 25.6 Å². The molecule has 114 valence electrons. The number of hydrogen-bond donors (Lipinski definition) is 1. The van der Waals surface area contributed by atoms with Gasteiger partial charge >= 0.3 is 0 Å². The van der Waals surface area contributed by atoms with Gasteiger partial charge in [0, 0.05) is 29.9 Å². The van der Waals surface area contributed by atoms with E-state index in [0.29, 0.717) is 12.1 Å². The van der Waals surface area contributed by atoms with Crippen LogP contribution in [0.25, 0.3) is 0 Å². The Morgan fingerprint density at radius 2 is 1.80 bits per heavy atom. The van der Waals surface area contributed by atoms with Gasteiger partial charge in [0.05, 0.1) is 0 Å². The van der Waals surface area contributed by atoms with Gasteiger partial charge in [-0.15, -0.1) is 0 Å². The zero-order valence-electron chi connectivity index (χ0n) is 13.8. The van der Waals surface area contributed by atoms with Gasteiger partial charge in [-0.05, 0) is 46.6 Å². The lowest BCUT2D eigenvalue weighted by Crippen LogP contribution is -2.45. The Bertz CT molecular complexity index is 372. The van der Waals surface area contributed by atoms with E-state index in [2.05, 4.69) is 81.5 Å². The van der Waals surface area contributed by atoms with E-state index in [-0.39, 0.29) is 5.54 Å². The molecule has 20 heavy (non-hydrogen) atoms. The third-order valence-corrected chi connectivity index (χ3v) is 4.42. The van der Waals surface area contributed by atoms with Gasteiger partial charge in [0.25, 0.3) is 0 Å². The number of rotatable bonds is 7. The van der Waals surface area contributed by atoms with Crippen molar-refractivity contribution in [3.63, 3.8) is 0 Å². The summed E-state index contributed by atoms with van der Waals surface area (Å²) >= 11 is 1.91. The van der Waals surface area contributed by atoms with Crippen molar-refractivity contribution in [3.05, 3.63) is 35.9 Å². The summed E-state index contributed by atoms with van der Waals surface area (Å²) in [5, 5.41) is 3.65. The summed E-state index contributed by atoms with van der Waals surface area (Å²) in [5.41, 5.74) is 1.54. The van der Waals surface area contributed by atoms with Crippen molar-refractivity contribution >= 4 is 11.8 Å². The van der Waals surface area contributed by atoms with Gasteiger partial charge in [-0.3, -0.25) is 4.90 Å². The maximum absolute atomic E-state index is 3.65. The second-order valence-corrected chi connectivity index (χ2v) is 7.44. The van der Waals surface area contributed by atoms with E-state index < -0.39 is 0 Å². The molecule has 2 atom stereocenters. The van der Waals surface area contributed by atoms with Gasteiger partial charge in [-0.2, -0.15) is 11.8 Å². The fourth-order valence-corrected chi connectivity index (χ4v) is 2.96. The van der Waals surface area contributed by atoms with Crippen molar-refractivity contribution in [1.82, 2.24) is 10.2 Å². The molecular formula is C17H30N2S. The molecule has 1 aromatic rings. The molecule has 1 rings (SSSR count). The Kier molecular flexibility index (Phi) is 7.07. The van der Waals surface area contributed by atoms with Crippen molar-refractivity contribution in [3.8, 4) is 0 Å². The van der Waals surface area contributed by atoms with Gasteiger partial charge in [0.2, 0.25) is 0 Å². The molecule has 2 nitrogen and oxygen atoms in total. The third kappa shape index (κ3) is 5.86. The average molecular weight is 295 g/mol. The molecule has 0 aliphatic rings. The van der Waals surface area contributed by atoms with Gasteiger partial charge < -0.3 is 5.32 Å². The average Bonchev–Trinajstić information content (AvgIpc) is 2.39. The Morgan fingerprint density at radius 3 is 2.30 bits per heavy atom. The van der Waals surface area contributed by atoms with Gasteiger partial charge in [0.1, 0.15) is 0 Å². The molecule has 0 fully saturated rings. The van der Waals surface area contributed by atoms with Gasteiger partial charge in [0.15, 0.2) is 0 Å². The summed E-state index contributed by atoms with van der Waals surface area (Å²) in [6.07, 6.45) is 2.18. The summed E-state index contributed by atoms with van der Waals surface area (Å²) in [7, 11) is 2.24. The number of nitrogens with zero attached hydrogens (tertiary/aromatic N) is 1. The molecule has 1 N–H and O–H groups in total. The molecule has 0 aliphatic heterocycles. The molecular weight excluding hydrogens is 264 g/mol. The highest BCUT2D eigenvalue weighted by atomic mass is 32.2. The van der Waals surface area contributed by atoms with E-state index in [0.717, 1.165) is 12.3 Å². The maximum Gasteiger partial charge on any atom is 0.0472 e. The second kappa shape index (κ2) is 8.06. The summed E-state index contributed by atoms with van der Waals surface area (Å²) in [5.74, 6) is 1.16. The molecule has 3 heteroatoms. The van der Waals surface area contributed by atoms with Crippen LogP contribution in [0.4, 0.5) is 0 Å².